The summed E-state index contributed by atoms with van der Waals surface area (Å²) in [6.45, 7) is 1.42. The number of carboxylic acid groups (broad SMARTS) is 1. The van der Waals surface area contributed by atoms with Crippen LogP contribution in [0.4, 0.5) is 10.1 Å². The van der Waals surface area contributed by atoms with Crippen molar-refractivity contribution in [2.24, 2.45) is 0 Å². The summed E-state index contributed by atoms with van der Waals surface area (Å²) in [6.07, 6.45) is -0.0644. The van der Waals surface area contributed by atoms with E-state index < -0.39 is 43.4 Å². The van der Waals surface area contributed by atoms with Crippen LogP contribution in [0.15, 0.2) is 23.1 Å². The van der Waals surface area contributed by atoms with Crippen molar-refractivity contribution in [3.63, 3.8) is 0 Å². The van der Waals surface area contributed by atoms with Crippen molar-refractivity contribution in [2.75, 3.05) is 0 Å². The Balaban J connectivity index is 3.24. The van der Waals surface area contributed by atoms with E-state index in [-0.39, 0.29) is 6.42 Å². The molecule has 1 aromatic carbocycles. The van der Waals surface area contributed by atoms with Crippen LogP contribution in [0.1, 0.15) is 13.3 Å². The van der Waals surface area contributed by atoms with Gasteiger partial charge in [-0.05, 0) is 12.5 Å². The first-order chi connectivity index (χ1) is 9.19. The molecule has 0 saturated carbocycles. The van der Waals surface area contributed by atoms with Gasteiger partial charge in [0.05, 0.1) is 4.92 Å². The molecular weight excluding hydrogens is 295 g/mol. The Morgan fingerprint density at radius 3 is 2.60 bits per heavy atom. The number of nitro benzene ring substituents is 1. The van der Waals surface area contributed by atoms with Gasteiger partial charge in [-0.1, -0.05) is 6.92 Å². The number of sulfonamides is 1. The van der Waals surface area contributed by atoms with Gasteiger partial charge in [-0.3, -0.25) is 14.9 Å². The zero-order valence-electron chi connectivity index (χ0n) is 10.2. The van der Waals surface area contributed by atoms with Crippen molar-refractivity contribution in [3.05, 3.63) is 34.1 Å². The molecule has 10 heteroatoms. The standard InChI is InChI=1S/C10H11FN2O6S/c1-2-8(10(14)15)12-20(18,19)9-5-6(13(16)17)3-4-7(9)11/h3-5,8,12H,2H2,1H3,(H,14,15). The van der Waals surface area contributed by atoms with E-state index in [4.69, 9.17) is 5.11 Å². The molecule has 0 heterocycles. The lowest BCUT2D eigenvalue weighted by molar-refractivity contribution is -0.385. The largest absolute Gasteiger partial charge is 0.480 e. The van der Waals surface area contributed by atoms with Crippen LogP contribution in [0.5, 0.6) is 0 Å². The average Bonchev–Trinajstić information content (AvgIpc) is 2.35. The Kier molecular flexibility index (Phi) is 4.73. The summed E-state index contributed by atoms with van der Waals surface area (Å²) >= 11 is 0. The number of carboxylic acids is 1. The maximum Gasteiger partial charge on any atom is 0.321 e. The number of carbonyl (C=O) groups is 1. The number of aliphatic carboxylic acids is 1. The minimum Gasteiger partial charge on any atom is -0.480 e. The number of hydrogen-bond donors (Lipinski definition) is 2. The predicted molar refractivity (Wildman–Crippen MR) is 65.1 cm³/mol. The van der Waals surface area contributed by atoms with E-state index in [1.54, 1.807) is 4.72 Å². The lowest BCUT2D eigenvalue weighted by Crippen LogP contribution is -2.40. The van der Waals surface area contributed by atoms with Crippen molar-refractivity contribution in [1.82, 2.24) is 4.72 Å². The summed E-state index contributed by atoms with van der Waals surface area (Å²) < 4.78 is 39.0. The zero-order chi connectivity index (χ0) is 15.5. The molecule has 0 aliphatic carbocycles. The fourth-order valence-electron chi connectivity index (χ4n) is 1.37. The molecule has 1 rings (SSSR count). The van der Waals surface area contributed by atoms with Gasteiger partial charge in [0, 0.05) is 12.1 Å². The van der Waals surface area contributed by atoms with E-state index in [1.807, 2.05) is 0 Å². The van der Waals surface area contributed by atoms with E-state index in [1.165, 1.54) is 6.92 Å². The molecule has 0 aromatic heterocycles. The Labute approximate surface area is 113 Å². The minimum absolute atomic E-state index is 0.0644. The number of nitro groups is 1. The maximum absolute atomic E-state index is 13.5. The molecule has 0 bridgehead atoms. The second-order valence-corrected chi connectivity index (χ2v) is 5.47. The van der Waals surface area contributed by atoms with Crippen molar-refractivity contribution in [3.8, 4) is 0 Å². The van der Waals surface area contributed by atoms with Crippen LogP contribution in [0.3, 0.4) is 0 Å². The quantitative estimate of drug-likeness (QED) is 0.593. The number of rotatable bonds is 6. The molecule has 2 N–H and O–H groups in total. The first kappa shape index (κ1) is 16.0. The molecule has 8 nitrogen and oxygen atoms in total. The normalized spacial score (nSPS) is 12.9. The predicted octanol–water partition coefficient (Wildman–Crippen LogP) is 0.875. The molecule has 0 fully saturated rings. The highest BCUT2D eigenvalue weighted by atomic mass is 32.2. The van der Waals surface area contributed by atoms with Gasteiger partial charge in [-0.2, -0.15) is 4.72 Å². The molecule has 0 amide bonds. The van der Waals surface area contributed by atoms with Crippen molar-refractivity contribution >= 4 is 21.7 Å². The third-order valence-electron chi connectivity index (χ3n) is 2.42. The first-order valence-electron chi connectivity index (χ1n) is 5.38. The zero-order valence-corrected chi connectivity index (χ0v) is 11.1. The Hall–Kier alpha value is -2.07. The molecule has 1 aromatic rings. The topological polar surface area (TPSA) is 127 Å². The lowest BCUT2D eigenvalue weighted by Gasteiger charge is -2.13. The third-order valence-corrected chi connectivity index (χ3v) is 3.91. The number of hydrogen-bond acceptors (Lipinski definition) is 5. The number of benzene rings is 1. The smallest absolute Gasteiger partial charge is 0.321 e. The van der Waals surface area contributed by atoms with E-state index >= 15 is 0 Å². The Bertz CT molecular complexity index is 645. The number of nitrogens with zero attached hydrogens (tertiary/aromatic N) is 1. The van der Waals surface area contributed by atoms with Crippen LogP contribution in [0, 0.1) is 15.9 Å². The van der Waals surface area contributed by atoms with Crippen molar-refractivity contribution in [1.29, 1.82) is 0 Å². The van der Waals surface area contributed by atoms with E-state index in [0.717, 1.165) is 6.07 Å². The van der Waals surface area contributed by atoms with Crippen LogP contribution in [0.25, 0.3) is 0 Å². The highest BCUT2D eigenvalue weighted by molar-refractivity contribution is 7.89. The molecule has 0 aliphatic rings. The first-order valence-corrected chi connectivity index (χ1v) is 6.86. The number of nitrogens with one attached hydrogen (secondary N) is 1. The SMILES string of the molecule is CCC(NS(=O)(=O)c1cc([N+](=O)[O-])ccc1F)C(=O)O. The van der Waals surface area contributed by atoms with Crippen molar-refractivity contribution < 1.29 is 27.6 Å². The van der Waals surface area contributed by atoms with Crippen LogP contribution < -0.4 is 4.72 Å². The summed E-state index contributed by atoms with van der Waals surface area (Å²) in [5.74, 6) is -2.63. The molecule has 110 valence electrons. The van der Waals surface area contributed by atoms with Gasteiger partial charge in [-0.15, -0.1) is 0 Å². The maximum atomic E-state index is 13.5. The van der Waals surface area contributed by atoms with Gasteiger partial charge in [0.1, 0.15) is 16.8 Å². The summed E-state index contributed by atoms with van der Waals surface area (Å²) in [5, 5.41) is 19.3. The monoisotopic (exact) mass is 306 g/mol. The second-order valence-electron chi connectivity index (χ2n) is 3.79. The summed E-state index contributed by atoms with van der Waals surface area (Å²) in [6, 6.07) is 0.530. The minimum atomic E-state index is -4.51. The fraction of sp³-hybridized carbons (Fsp3) is 0.300. The second kappa shape index (κ2) is 5.92. The van der Waals surface area contributed by atoms with Crippen LogP contribution in [0.2, 0.25) is 0 Å². The molecular formula is C10H11FN2O6S. The fourth-order valence-corrected chi connectivity index (χ4v) is 2.74. The molecule has 1 atom stereocenters. The van der Waals surface area contributed by atoms with Gasteiger partial charge in [0.25, 0.3) is 5.69 Å². The van der Waals surface area contributed by atoms with E-state index in [9.17, 15) is 27.7 Å². The van der Waals surface area contributed by atoms with Crippen LogP contribution >= 0.6 is 0 Å². The molecule has 0 saturated heterocycles. The molecule has 1 unspecified atom stereocenters. The lowest BCUT2D eigenvalue weighted by atomic mass is 10.2. The number of halogens is 1. The van der Waals surface area contributed by atoms with E-state index in [0.29, 0.717) is 12.1 Å². The molecule has 0 radical (unpaired) electrons. The summed E-state index contributed by atoms with van der Waals surface area (Å²) in [5.41, 5.74) is -0.616. The highest BCUT2D eigenvalue weighted by Crippen LogP contribution is 2.21. The third kappa shape index (κ3) is 3.48. The van der Waals surface area contributed by atoms with Gasteiger partial charge in [0.15, 0.2) is 0 Å². The molecule has 20 heavy (non-hydrogen) atoms. The van der Waals surface area contributed by atoms with Crippen molar-refractivity contribution in [2.45, 2.75) is 24.3 Å². The van der Waals surface area contributed by atoms with Gasteiger partial charge in [0.2, 0.25) is 10.0 Å². The van der Waals surface area contributed by atoms with Gasteiger partial charge in [-0.25, -0.2) is 12.8 Å². The Morgan fingerprint density at radius 2 is 2.15 bits per heavy atom. The molecule has 0 spiro atoms. The number of non-ortho nitro benzene ring substituents is 1. The van der Waals surface area contributed by atoms with Gasteiger partial charge < -0.3 is 5.11 Å². The average molecular weight is 306 g/mol. The Morgan fingerprint density at radius 1 is 1.55 bits per heavy atom. The van der Waals surface area contributed by atoms with E-state index in [2.05, 4.69) is 0 Å². The van der Waals surface area contributed by atoms with Crippen LogP contribution in [-0.4, -0.2) is 30.5 Å². The summed E-state index contributed by atoms with van der Waals surface area (Å²) in [7, 11) is -4.51. The highest BCUT2D eigenvalue weighted by Gasteiger charge is 2.27. The molecule has 0 aliphatic heterocycles. The van der Waals surface area contributed by atoms with Gasteiger partial charge >= 0.3 is 5.97 Å². The van der Waals surface area contributed by atoms with Crippen LogP contribution in [-0.2, 0) is 14.8 Å². The summed E-state index contributed by atoms with van der Waals surface area (Å²) in [4.78, 5) is 19.5.